The molecular weight excluding hydrogens is 264 g/mol. The van der Waals surface area contributed by atoms with E-state index in [0.29, 0.717) is 13.1 Å². The second kappa shape index (κ2) is 5.83. The van der Waals surface area contributed by atoms with Crippen LogP contribution in [0.25, 0.3) is 0 Å². The molecule has 0 radical (unpaired) electrons. The number of pyridine rings is 1. The van der Waals surface area contributed by atoms with Crippen molar-refractivity contribution >= 4 is 17.4 Å². The molecule has 0 bridgehead atoms. The SMILES string of the molecule is Cc1ccncc1CNc1cccc(N2CCNC2=O)c1. The molecule has 1 fully saturated rings. The first-order valence-electron chi connectivity index (χ1n) is 7.03. The van der Waals surface area contributed by atoms with Crippen LogP contribution in [-0.2, 0) is 6.54 Å². The maximum absolute atomic E-state index is 11.7. The summed E-state index contributed by atoms with van der Waals surface area (Å²) >= 11 is 0. The smallest absolute Gasteiger partial charge is 0.321 e. The van der Waals surface area contributed by atoms with Gasteiger partial charge in [0.2, 0.25) is 0 Å². The number of rotatable bonds is 4. The Hall–Kier alpha value is -2.56. The Morgan fingerprint density at radius 3 is 3.05 bits per heavy atom. The van der Waals surface area contributed by atoms with Gasteiger partial charge in [0.05, 0.1) is 0 Å². The summed E-state index contributed by atoms with van der Waals surface area (Å²) in [4.78, 5) is 17.6. The largest absolute Gasteiger partial charge is 0.381 e. The van der Waals surface area contributed by atoms with E-state index in [9.17, 15) is 4.79 Å². The van der Waals surface area contributed by atoms with Crippen LogP contribution < -0.4 is 15.5 Å². The molecule has 0 saturated carbocycles. The van der Waals surface area contributed by atoms with Gasteiger partial charge in [-0.1, -0.05) is 6.07 Å². The lowest BCUT2D eigenvalue weighted by Gasteiger charge is -2.16. The minimum Gasteiger partial charge on any atom is -0.381 e. The van der Waals surface area contributed by atoms with Gasteiger partial charge in [0, 0.05) is 43.4 Å². The highest BCUT2D eigenvalue weighted by Gasteiger charge is 2.20. The van der Waals surface area contributed by atoms with Crippen molar-refractivity contribution in [2.24, 2.45) is 0 Å². The van der Waals surface area contributed by atoms with E-state index < -0.39 is 0 Å². The van der Waals surface area contributed by atoms with Gasteiger partial charge in [0.1, 0.15) is 0 Å². The highest BCUT2D eigenvalue weighted by molar-refractivity contribution is 5.94. The lowest BCUT2D eigenvalue weighted by Crippen LogP contribution is -2.27. The first-order chi connectivity index (χ1) is 10.2. The van der Waals surface area contributed by atoms with Crippen LogP contribution >= 0.6 is 0 Å². The van der Waals surface area contributed by atoms with Gasteiger partial charge >= 0.3 is 6.03 Å². The van der Waals surface area contributed by atoms with Crippen molar-refractivity contribution in [3.05, 3.63) is 53.9 Å². The van der Waals surface area contributed by atoms with Crippen LogP contribution in [0.15, 0.2) is 42.7 Å². The Morgan fingerprint density at radius 1 is 1.38 bits per heavy atom. The van der Waals surface area contributed by atoms with Crippen LogP contribution in [0.5, 0.6) is 0 Å². The topological polar surface area (TPSA) is 57.3 Å². The number of nitrogens with zero attached hydrogens (tertiary/aromatic N) is 2. The van der Waals surface area contributed by atoms with E-state index in [0.717, 1.165) is 17.9 Å². The van der Waals surface area contributed by atoms with Crippen molar-refractivity contribution in [3.8, 4) is 0 Å². The summed E-state index contributed by atoms with van der Waals surface area (Å²) in [5.41, 5.74) is 4.29. The van der Waals surface area contributed by atoms with E-state index in [1.54, 1.807) is 11.1 Å². The van der Waals surface area contributed by atoms with Gasteiger partial charge in [-0.25, -0.2) is 4.79 Å². The van der Waals surface area contributed by atoms with Crippen LogP contribution in [-0.4, -0.2) is 24.1 Å². The molecule has 2 N–H and O–H groups in total. The molecule has 0 atom stereocenters. The predicted molar refractivity (Wildman–Crippen MR) is 83.5 cm³/mol. The molecule has 1 saturated heterocycles. The van der Waals surface area contributed by atoms with Crippen molar-refractivity contribution < 1.29 is 4.79 Å². The number of nitrogens with one attached hydrogen (secondary N) is 2. The molecule has 2 aromatic rings. The summed E-state index contributed by atoms with van der Waals surface area (Å²) in [5.74, 6) is 0. The molecule has 0 aliphatic carbocycles. The molecule has 0 unspecified atom stereocenters. The third-order valence-electron chi connectivity index (χ3n) is 3.65. The number of hydrogen-bond acceptors (Lipinski definition) is 3. The van der Waals surface area contributed by atoms with Gasteiger partial charge in [-0.3, -0.25) is 9.88 Å². The van der Waals surface area contributed by atoms with Gasteiger partial charge in [-0.05, 0) is 42.3 Å². The number of benzene rings is 1. The summed E-state index contributed by atoms with van der Waals surface area (Å²) in [6, 6.07) is 9.88. The fourth-order valence-corrected chi connectivity index (χ4v) is 2.38. The molecule has 3 rings (SSSR count). The molecule has 1 aromatic carbocycles. The van der Waals surface area contributed by atoms with Gasteiger partial charge in [0.25, 0.3) is 0 Å². The number of amides is 2. The van der Waals surface area contributed by atoms with E-state index in [1.165, 1.54) is 11.1 Å². The fraction of sp³-hybridized carbons (Fsp3) is 0.250. The minimum absolute atomic E-state index is 0.0322. The third kappa shape index (κ3) is 2.97. The molecule has 1 aliphatic heterocycles. The zero-order chi connectivity index (χ0) is 14.7. The number of carbonyl (C=O) groups excluding carboxylic acids is 1. The number of hydrogen-bond donors (Lipinski definition) is 2. The Balaban J connectivity index is 1.72. The molecule has 1 aromatic heterocycles. The second-order valence-corrected chi connectivity index (χ2v) is 5.09. The van der Waals surface area contributed by atoms with E-state index in [4.69, 9.17) is 0 Å². The first kappa shape index (κ1) is 13.4. The summed E-state index contributed by atoms with van der Waals surface area (Å²) < 4.78 is 0. The Bertz CT molecular complexity index is 656. The predicted octanol–water partition coefficient (Wildman–Crippen LogP) is 2.53. The lowest BCUT2D eigenvalue weighted by atomic mass is 10.1. The number of urea groups is 1. The van der Waals surface area contributed by atoms with Crippen molar-refractivity contribution in [3.63, 3.8) is 0 Å². The number of anilines is 2. The lowest BCUT2D eigenvalue weighted by molar-refractivity contribution is 0.252. The first-order valence-corrected chi connectivity index (χ1v) is 7.03. The zero-order valence-electron chi connectivity index (χ0n) is 12.0. The van der Waals surface area contributed by atoms with Crippen LogP contribution in [0.3, 0.4) is 0 Å². The van der Waals surface area contributed by atoms with Crippen LogP contribution in [0, 0.1) is 6.92 Å². The van der Waals surface area contributed by atoms with Crippen LogP contribution in [0.2, 0.25) is 0 Å². The molecule has 2 amide bonds. The summed E-state index contributed by atoms with van der Waals surface area (Å²) in [6.45, 7) is 4.20. The molecule has 21 heavy (non-hydrogen) atoms. The monoisotopic (exact) mass is 282 g/mol. The average molecular weight is 282 g/mol. The third-order valence-corrected chi connectivity index (χ3v) is 3.65. The van der Waals surface area contributed by atoms with E-state index in [-0.39, 0.29) is 6.03 Å². The van der Waals surface area contributed by atoms with Gasteiger partial charge < -0.3 is 10.6 Å². The van der Waals surface area contributed by atoms with Crippen molar-refractivity contribution in [1.82, 2.24) is 10.3 Å². The summed E-state index contributed by atoms with van der Waals surface area (Å²) in [6.07, 6.45) is 3.67. The Kier molecular flexibility index (Phi) is 3.73. The molecule has 1 aliphatic rings. The normalized spacial score (nSPS) is 14.1. The van der Waals surface area contributed by atoms with Crippen LogP contribution in [0.1, 0.15) is 11.1 Å². The van der Waals surface area contributed by atoms with Gasteiger partial charge in [0.15, 0.2) is 0 Å². The second-order valence-electron chi connectivity index (χ2n) is 5.09. The van der Waals surface area contributed by atoms with E-state index in [1.807, 2.05) is 36.5 Å². The van der Waals surface area contributed by atoms with Gasteiger partial charge in [-0.15, -0.1) is 0 Å². The van der Waals surface area contributed by atoms with Crippen molar-refractivity contribution in [1.29, 1.82) is 0 Å². The molecule has 108 valence electrons. The maximum atomic E-state index is 11.7. The van der Waals surface area contributed by atoms with Gasteiger partial charge in [-0.2, -0.15) is 0 Å². The van der Waals surface area contributed by atoms with Crippen LogP contribution in [0.4, 0.5) is 16.2 Å². The molecule has 2 heterocycles. The standard InChI is InChI=1S/C16H18N4O/c1-12-5-6-17-10-13(12)11-19-14-3-2-4-15(9-14)20-8-7-18-16(20)21/h2-6,9-10,19H,7-8,11H2,1H3,(H,18,21). The van der Waals surface area contributed by atoms with Crippen molar-refractivity contribution in [2.45, 2.75) is 13.5 Å². The maximum Gasteiger partial charge on any atom is 0.321 e. The molecule has 0 spiro atoms. The van der Waals surface area contributed by atoms with E-state index in [2.05, 4.69) is 22.5 Å². The molecule has 5 nitrogen and oxygen atoms in total. The quantitative estimate of drug-likeness (QED) is 0.906. The summed E-state index contributed by atoms with van der Waals surface area (Å²) in [7, 11) is 0. The Labute approximate surface area is 124 Å². The number of aryl methyl sites for hydroxylation is 1. The molecule has 5 heteroatoms. The Morgan fingerprint density at radius 2 is 2.29 bits per heavy atom. The molecular formula is C16H18N4O. The zero-order valence-corrected chi connectivity index (χ0v) is 12.0. The summed E-state index contributed by atoms with van der Waals surface area (Å²) in [5, 5.41) is 6.19. The number of carbonyl (C=O) groups is 1. The highest BCUT2D eigenvalue weighted by Crippen LogP contribution is 2.21. The number of aromatic nitrogens is 1. The van der Waals surface area contributed by atoms with Crippen molar-refractivity contribution in [2.75, 3.05) is 23.3 Å². The average Bonchev–Trinajstić information content (AvgIpc) is 2.93. The fourth-order valence-electron chi connectivity index (χ4n) is 2.38. The highest BCUT2D eigenvalue weighted by atomic mass is 16.2. The van der Waals surface area contributed by atoms with E-state index >= 15 is 0 Å². The minimum atomic E-state index is -0.0322.